The molecular weight excluding hydrogens is 358 g/mol. The van der Waals surface area contributed by atoms with Crippen molar-refractivity contribution in [1.82, 2.24) is 0 Å². The van der Waals surface area contributed by atoms with E-state index in [4.69, 9.17) is 28.3 Å². The van der Waals surface area contributed by atoms with E-state index in [0.717, 1.165) is 31.8 Å². The molecule has 0 bridgehead atoms. The van der Waals surface area contributed by atoms with Gasteiger partial charge in [0.15, 0.2) is 12.4 Å². The van der Waals surface area contributed by atoms with Gasteiger partial charge in [-0.15, -0.1) is 0 Å². The standard InChI is InChI=1S/C13H19NO3.3CO.Fe/c1-2-3-4-6-12-9-11(14-17-12)10-13-15-7-5-8-16-13;3*1-2;/h2-4,6,12-13H,5,7-10H2,1H3;;;;/b3-2+,6-4+;;;;/t12-;;;;/m0..../s1. The van der Waals surface area contributed by atoms with Gasteiger partial charge >= 0.3 is 33.9 Å². The molecule has 1 atom stereocenters. The molecule has 1 saturated heterocycles. The monoisotopic (exact) mass is 377 g/mol. The molecule has 0 aromatic rings. The van der Waals surface area contributed by atoms with Crippen molar-refractivity contribution in [3.63, 3.8) is 0 Å². The van der Waals surface area contributed by atoms with Crippen LogP contribution in [0.5, 0.6) is 0 Å². The zero-order valence-electron chi connectivity index (χ0n) is 13.2. The zero-order valence-corrected chi connectivity index (χ0v) is 14.4. The van der Waals surface area contributed by atoms with Gasteiger partial charge in [-0.25, -0.2) is 0 Å². The Morgan fingerprint density at radius 3 is 2.21 bits per heavy atom. The van der Waals surface area contributed by atoms with E-state index < -0.39 is 0 Å². The molecule has 24 heavy (non-hydrogen) atoms. The maximum Gasteiger partial charge on any atom is 0 e. The smallest absolute Gasteiger partial charge is 0 e. The summed E-state index contributed by atoms with van der Waals surface area (Å²) in [6, 6.07) is 0. The summed E-state index contributed by atoms with van der Waals surface area (Å²) in [6.45, 7) is 17.0. The maximum atomic E-state index is 7.50. The van der Waals surface area contributed by atoms with Crippen molar-refractivity contribution >= 4 is 5.71 Å². The Balaban J connectivity index is -0.000000569. The number of hydrogen-bond acceptors (Lipinski definition) is 4. The molecule has 2 aliphatic rings. The molecule has 0 saturated carbocycles. The summed E-state index contributed by atoms with van der Waals surface area (Å²) >= 11 is 0. The van der Waals surface area contributed by atoms with Crippen LogP contribution in [0.2, 0.25) is 0 Å². The molecule has 2 aliphatic heterocycles. The van der Waals surface area contributed by atoms with Crippen molar-refractivity contribution in [2.75, 3.05) is 13.2 Å². The summed E-state index contributed by atoms with van der Waals surface area (Å²) in [4.78, 5) is 5.31. The average molecular weight is 377 g/mol. The molecule has 2 heterocycles. The van der Waals surface area contributed by atoms with E-state index in [0.29, 0.717) is 6.42 Å². The summed E-state index contributed by atoms with van der Waals surface area (Å²) in [5, 5.41) is 4.07. The molecular formula is C16H19FeNO6. The number of oxime groups is 1. The van der Waals surface area contributed by atoms with E-state index in [1.807, 2.05) is 31.2 Å². The van der Waals surface area contributed by atoms with Crippen LogP contribution in [0.1, 0.15) is 26.2 Å². The molecule has 0 aromatic heterocycles. The van der Waals surface area contributed by atoms with Crippen molar-refractivity contribution in [3.8, 4) is 0 Å². The second-order valence-corrected chi connectivity index (χ2v) is 4.15. The topological polar surface area (TPSA) is 99.8 Å². The minimum Gasteiger partial charge on any atom is 0 e. The van der Waals surface area contributed by atoms with Crippen molar-refractivity contribution in [3.05, 3.63) is 44.3 Å². The molecule has 8 heteroatoms. The van der Waals surface area contributed by atoms with E-state index in [9.17, 15) is 0 Å². The quantitative estimate of drug-likeness (QED) is 0.325. The first kappa shape index (κ1) is 27.5. The molecule has 2 rings (SSSR count). The second kappa shape index (κ2) is 21.6. The van der Waals surface area contributed by atoms with E-state index in [1.165, 1.54) is 0 Å². The summed E-state index contributed by atoms with van der Waals surface area (Å²) in [6.07, 6.45) is 10.4. The van der Waals surface area contributed by atoms with Crippen LogP contribution < -0.4 is 0 Å². The van der Waals surface area contributed by atoms with Crippen LogP contribution in [0.15, 0.2) is 29.5 Å². The predicted molar refractivity (Wildman–Crippen MR) is 77.6 cm³/mol. The van der Waals surface area contributed by atoms with Gasteiger partial charge in [-0.2, -0.15) is 0 Å². The molecule has 0 spiro atoms. The molecule has 0 N–H and O–H groups in total. The van der Waals surface area contributed by atoms with Gasteiger partial charge in [0, 0.05) is 29.9 Å². The normalized spacial score (nSPS) is 19.1. The molecule has 0 unspecified atom stereocenters. The fourth-order valence-electron chi connectivity index (χ4n) is 1.82. The number of nitrogens with zero attached hydrogens (tertiary/aromatic N) is 1. The van der Waals surface area contributed by atoms with E-state index >= 15 is 0 Å². The Morgan fingerprint density at radius 2 is 1.67 bits per heavy atom. The minimum atomic E-state index is -0.135. The first-order chi connectivity index (χ1) is 11.4. The van der Waals surface area contributed by atoms with Gasteiger partial charge in [0.05, 0.1) is 18.9 Å². The van der Waals surface area contributed by atoms with Crippen LogP contribution in [-0.4, -0.2) is 31.3 Å². The van der Waals surface area contributed by atoms with E-state index in [1.54, 1.807) is 0 Å². The van der Waals surface area contributed by atoms with E-state index in [2.05, 4.69) is 25.1 Å². The fraction of sp³-hybridized carbons (Fsp3) is 0.500. The Labute approximate surface area is 152 Å². The Hall–Kier alpha value is -1.39. The Kier molecular flexibility index (Phi) is 24.7. The van der Waals surface area contributed by atoms with Crippen LogP contribution in [0.3, 0.4) is 0 Å². The van der Waals surface area contributed by atoms with Gasteiger partial charge in [0.1, 0.15) is 0 Å². The van der Waals surface area contributed by atoms with Crippen LogP contribution in [0, 0.1) is 20.0 Å². The van der Waals surface area contributed by atoms with Gasteiger partial charge in [0.25, 0.3) is 0 Å². The summed E-state index contributed by atoms with van der Waals surface area (Å²) < 4.78 is 33.5. The number of rotatable bonds is 4. The molecule has 1 fully saturated rings. The molecule has 0 aliphatic carbocycles. The van der Waals surface area contributed by atoms with Crippen LogP contribution in [-0.2, 0) is 45.3 Å². The molecule has 0 amide bonds. The van der Waals surface area contributed by atoms with Crippen LogP contribution in [0.4, 0.5) is 0 Å². The van der Waals surface area contributed by atoms with E-state index in [-0.39, 0.29) is 29.5 Å². The Morgan fingerprint density at radius 1 is 1.08 bits per heavy atom. The summed E-state index contributed by atoms with van der Waals surface area (Å²) in [5.74, 6) is 0. The third kappa shape index (κ3) is 13.1. The number of ether oxygens (including phenoxy) is 2. The average Bonchev–Trinajstić information content (AvgIpc) is 3.09. The predicted octanol–water partition coefficient (Wildman–Crippen LogP) is 2.30. The van der Waals surface area contributed by atoms with Gasteiger partial charge in [-0.05, 0) is 19.4 Å². The molecule has 0 radical (unpaired) electrons. The van der Waals surface area contributed by atoms with Crippen LogP contribution in [0.25, 0.3) is 0 Å². The van der Waals surface area contributed by atoms with Crippen molar-refractivity contribution < 1.29 is 45.3 Å². The molecule has 7 nitrogen and oxygen atoms in total. The number of allylic oxidation sites excluding steroid dienone is 3. The number of hydrogen-bond donors (Lipinski definition) is 0. The first-order valence-electron chi connectivity index (χ1n) is 6.74. The first-order valence-corrected chi connectivity index (χ1v) is 6.74. The summed E-state index contributed by atoms with van der Waals surface area (Å²) in [5.41, 5.74) is 1.02. The van der Waals surface area contributed by atoms with Gasteiger partial charge in [0.2, 0.25) is 0 Å². The maximum absolute atomic E-state index is 7.50. The van der Waals surface area contributed by atoms with Crippen LogP contribution >= 0.6 is 0 Å². The minimum absolute atomic E-state index is 0. The van der Waals surface area contributed by atoms with Gasteiger partial charge in [-0.3, -0.25) is 0 Å². The fourth-order valence-corrected chi connectivity index (χ4v) is 1.82. The molecule has 132 valence electrons. The van der Waals surface area contributed by atoms with Gasteiger partial charge < -0.3 is 14.3 Å². The summed E-state index contributed by atoms with van der Waals surface area (Å²) in [7, 11) is 0. The third-order valence-electron chi connectivity index (χ3n) is 2.68. The Bertz CT molecular complexity index is 421. The van der Waals surface area contributed by atoms with Gasteiger partial charge in [-0.1, -0.05) is 23.4 Å². The van der Waals surface area contributed by atoms with Crippen molar-refractivity contribution in [1.29, 1.82) is 0 Å². The SMILES string of the molecule is C/C=C/C=C/[C@H]1CC(CC2OCCCO2)=NO1.[C-]#[O+].[C-]#[O+].[C-]#[O+].[Fe]. The molecule has 0 aromatic carbocycles. The third-order valence-corrected chi connectivity index (χ3v) is 2.68. The zero-order chi connectivity index (χ0) is 17.9. The largest absolute Gasteiger partial charge is 0 e. The van der Waals surface area contributed by atoms with Crippen molar-refractivity contribution in [2.45, 2.75) is 38.6 Å². The van der Waals surface area contributed by atoms with Crippen molar-refractivity contribution in [2.24, 2.45) is 5.16 Å². The second-order valence-electron chi connectivity index (χ2n) is 4.15.